The lowest BCUT2D eigenvalue weighted by atomic mass is 9.83. The molecule has 1 N–H and O–H groups in total. The predicted molar refractivity (Wildman–Crippen MR) is 121 cm³/mol. The molecule has 5 unspecified atom stereocenters. The molecule has 4 aliphatic rings. The molecule has 0 bridgehead atoms. The van der Waals surface area contributed by atoms with Crippen molar-refractivity contribution < 1.29 is 9.47 Å². The number of unbranched alkanes of at least 4 members (excludes halogenated alkanes) is 1. The Kier molecular flexibility index (Phi) is 7.43. The molecular formula is C22H34N4O2S. The van der Waals surface area contributed by atoms with Crippen LogP contribution in [0, 0.1) is 11.8 Å². The van der Waals surface area contributed by atoms with E-state index in [1.54, 1.807) is 11.8 Å². The molecule has 0 spiro atoms. The van der Waals surface area contributed by atoms with Gasteiger partial charge in [0.2, 0.25) is 0 Å². The van der Waals surface area contributed by atoms with Crippen molar-refractivity contribution in [2.24, 2.45) is 26.9 Å². The second-order valence-corrected chi connectivity index (χ2v) is 9.29. The van der Waals surface area contributed by atoms with E-state index in [0.717, 1.165) is 48.9 Å². The third-order valence-electron chi connectivity index (χ3n) is 6.11. The number of ether oxygens (including phenoxy) is 2. The van der Waals surface area contributed by atoms with Gasteiger partial charge in [0.1, 0.15) is 0 Å². The smallest absolute Gasteiger partial charge is 0.195 e. The molecule has 0 aromatic heterocycles. The van der Waals surface area contributed by atoms with Crippen molar-refractivity contribution >= 4 is 28.4 Å². The maximum Gasteiger partial charge on any atom is 0.195 e. The highest BCUT2D eigenvalue weighted by Gasteiger charge is 2.39. The maximum atomic E-state index is 6.53. The van der Waals surface area contributed by atoms with E-state index in [4.69, 9.17) is 24.6 Å². The third kappa shape index (κ3) is 5.12. The van der Waals surface area contributed by atoms with Gasteiger partial charge in [-0.1, -0.05) is 43.7 Å². The highest BCUT2D eigenvalue weighted by atomic mass is 32.2. The van der Waals surface area contributed by atoms with Gasteiger partial charge in [0.05, 0.1) is 11.8 Å². The zero-order valence-corrected chi connectivity index (χ0v) is 18.5. The molecule has 2 aliphatic heterocycles. The van der Waals surface area contributed by atoms with E-state index in [9.17, 15) is 0 Å². The van der Waals surface area contributed by atoms with Gasteiger partial charge in [-0.3, -0.25) is 10.4 Å². The molecule has 2 aliphatic carbocycles. The average Bonchev–Trinajstić information content (AvgIpc) is 2.91. The van der Waals surface area contributed by atoms with Gasteiger partial charge < -0.3 is 9.47 Å². The van der Waals surface area contributed by atoms with Crippen LogP contribution in [-0.4, -0.2) is 47.5 Å². The highest BCUT2D eigenvalue weighted by molar-refractivity contribution is 8.13. The van der Waals surface area contributed by atoms with Crippen molar-refractivity contribution in [2.45, 2.75) is 83.8 Å². The van der Waals surface area contributed by atoms with Crippen LogP contribution in [0.25, 0.3) is 0 Å². The number of nitrogens with zero attached hydrogens (tertiary/aromatic N) is 3. The van der Waals surface area contributed by atoms with Crippen molar-refractivity contribution in [3.05, 3.63) is 12.2 Å². The number of hydrogen-bond acceptors (Lipinski definition) is 7. The number of hydrogen-bond donors (Lipinski definition) is 1. The number of thioether (sulfide) groups is 1. The summed E-state index contributed by atoms with van der Waals surface area (Å²) in [6.07, 6.45) is 13.2. The monoisotopic (exact) mass is 418 g/mol. The summed E-state index contributed by atoms with van der Waals surface area (Å²) in [5.74, 6) is 1.61. The number of fused-ring (bicyclic) bond motifs is 3. The molecule has 160 valence electrons. The summed E-state index contributed by atoms with van der Waals surface area (Å²) in [7, 11) is 0. The third-order valence-corrected chi connectivity index (χ3v) is 7.07. The molecule has 1 fully saturated rings. The van der Waals surface area contributed by atoms with Gasteiger partial charge in [-0.2, -0.15) is 5.10 Å². The molecule has 7 heteroatoms. The first-order valence-corrected chi connectivity index (χ1v) is 12.3. The first-order valence-electron chi connectivity index (χ1n) is 11.3. The summed E-state index contributed by atoms with van der Waals surface area (Å²) in [6.45, 7) is 5.02. The van der Waals surface area contributed by atoms with Gasteiger partial charge in [-0.25, -0.2) is 4.99 Å². The van der Waals surface area contributed by atoms with Crippen LogP contribution in [0.2, 0.25) is 0 Å². The predicted octanol–water partition coefficient (Wildman–Crippen LogP) is 4.52. The standard InChI is InChI=1S/C22H34N4O2S/c1-3-5-14-29-22-24-21-19(25-26-22)17-8-6-7-9-18(17)23-20(28-21)15-10-12-16(13-11-15)27-4-2/h10,12,15-17,20-21H,3-9,11,13-14H2,1-2H3,(H,24,26). The summed E-state index contributed by atoms with van der Waals surface area (Å²) >= 11 is 1.74. The fourth-order valence-corrected chi connectivity index (χ4v) is 5.41. The van der Waals surface area contributed by atoms with Crippen molar-refractivity contribution in [1.29, 1.82) is 0 Å². The minimum atomic E-state index is -0.312. The van der Waals surface area contributed by atoms with E-state index >= 15 is 0 Å². The minimum Gasteiger partial charge on any atom is -0.374 e. The Bertz CT molecular complexity index is 690. The Balaban J connectivity index is 1.53. The minimum absolute atomic E-state index is 0.175. The van der Waals surface area contributed by atoms with Gasteiger partial charge in [-0.15, -0.1) is 0 Å². The lowest BCUT2D eigenvalue weighted by Gasteiger charge is -2.29. The summed E-state index contributed by atoms with van der Waals surface area (Å²) in [4.78, 5) is 10.0. The quantitative estimate of drug-likeness (QED) is 0.509. The number of aliphatic imine (C=N–C) groups is 2. The Morgan fingerprint density at radius 2 is 2.10 bits per heavy atom. The molecule has 0 radical (unpaired) electrons. The Hall–Kier alpha value is -1.18. The van der Waals surface area contributed by atoms with E-state index in [1.807, 2.05) is 0 Å². The molecule has 1 saturated carbocycles. The fourth-order valence-electron chi connectivity index (χ4n) is 4.50. The number of nitrogens with one attached hydrogen (secondary N) is 1. The van der Waals surface area contributed by atoms with Crippen LogP contribution in [0.5, 0.6) is 0 Å². The van der Waals surface area contributed by atoms with Crippen LogP contribution < -0.4 is 5.43 Å². The SMILES string of the molecule is CCCCSC1=NC2OC(C3C=CC(OCC)CC3)N=C3CCCCC3C2=NN1. The zero-order chi connectivity index (χ0) is 20.1. The Morgan fingerprint density at radius 1 is 1.17 bits per heavy atom. The van der Waals surface area contributed by atoms with E-state index in [-0.39, 0.29) is 30.4 Å². The van der Waals surface area contributed by atoms with Gasteiger partial charge >= 0.3 is 0 Å². The molecule has 5 atom stereocenters. The molecule has 29 heavy (non-hydrogen) atoms. The molecule has 6 nitrogen and oxygen atoms in total. The zero-order valence-electron chi connectivity index (χ0n) is 17.7. The molecule has 2 heterocycles. The van der Waals surface area contributed by atoms with Crippen LogP contribution in [0.1, 0.15) is 65.2 Å². The van der Waals surface area contributed by atoms with Gasteiger partial charge in [0, 0.05) is 29.9 Å². The lowest BCUT2D eigenvalue weighted by Crippen LogP contribution is -2.41. The molecule has 0 aromatic rings. The van der Waals surface area contributed by atoms with E-state index in [2.05, 4.69) is 31.4 Å². The van der Waals surface area contributed by atoms with Crippen LogP contribution in [0.3, 0.4) is 0 Å². The second-order valence-electron chi connectivity index (χ2n) is 8.20. The maximum absolute atomic E-state index is 6.53. The fraction of sp³-hybridized carbons (Fsp3) is 0.773. The largest absolute Gasteiger partial charge is 0.374 e. The first kappa shape index (κ1) is 21.1. The number of hydrazone groups is 1. The van der Waals surface area contributed by atoms with E-state index in [1.165, 1.54) is 31.4 Å². The summed E-state index contributed by atoms with van der Waals surface area (Å²) in [5, 5.41) is 5.62. The molecule has 0 aromatic carbocycles. The average molecular weight is 419 g/mol. The Labute approximate surface area is 178 Å². The van der Waals surface area contributed by atoms with Crippen molar-refractivity contribution in [3.63, 3.8) is 0 Å². The lowest BCUT2D eigenvalue weighted by molar-refractivity contribution is -0.00193. The van der Waals surface area contributed by atoms with Crippen LogP contribution in [0.4, 0.5) is 0 Å². The number of rotatable bonds is 6. The van der Waals surface area contributed by atoms with Gasteiger partial charge in [0.25, 0.3) is 0 Å². The Morgan fingerprint density at radius 3 is 2.90 bits per heavy atom. The first-order chi connectivity index (χ1) is 14.3. The van der Waals surface area contributed by atoms with Gasteiger partial charge in [0.15, 0.2) is 17.6 Å². The molecule has 0 amide bonds. The molecular weight excluding hydrogens is 384 g/mol. The van der Waals surface area contributed by atoms with Crippen molar-refractivity contribution in [2.75, 3.05) is 12.4 Å². The van der Waals surface area contributed by atoms with E-state index in [0.29, 0.717) is 0 Å². The molecule has 4 rings (SSSR count). The van der Waals surface area contributed by atoms with Crippen molar-refractivity contribution in [3.8, 4) is 0 Å². The summed E-state index contributed by atoms with van der Waals surface area (Å²) in [6, 6.07) is 0. The van der Waals surface area contributed by atoms with Crippen LogP contribution >= 0.6 is 11.8 Å². The summed E-state index contributed by atoms with van der Waals surface area (Å²) in [5.41, 5.74) is 5.48. The van der Waals surface area contributed by atoms with Crippen molar-refractivity contribution in [1.82, 2.24) is 5.43 Å². The van der Waals surface area contributed by atoms with Crippen LogP contribution in [0.15, 0.2) is 27.2 Å². The molecule has 0 saturated heterocycles. The summed E-state index contributed by atoms with van der Waals surface area (Å²) < 4.78 is 12.3. The normalized spacial score (nSPS) is 34.1. The highest BCUT2D eigenvalue weighted by Crippen LogP contribution is 2.34. The van der Waals surface area contributed by atoms with Crippen LogP contribution in [-0.2, 0) is 9.47 Å². The van der Waals surface area contributed by atoms with E-state index < -0.39 is 0 Å². The topological polar surface area (TPSA) is 67.6 Å². The van der Waals surface area contributed by atoms with Gasteiger partial charge in [-0.05, 0) is 45.4 Å². The second kappa shape index (κ2) is 10.2. The number of amidine groups is 1.